The smallest absolute Gasteiger partial charge is 0.271 e. The van der Waals surface area contributed by atoms with Gasteiger partial charge in [0.2, 0.25) is 0 Å². The zero-order chi connectivity index (χ0) is 29.7. The van der Waals surface area contributed by atoms with Gasteiger partial charge in [-0.15, -0.1) is 0 Å². The molecule has 1 atom stereocenters. The van der Waals surface area contributed by atoms with Crippen molar-refractivity contribution in [2.24, 2.45) is 4.99 Å². The Balaban J connectivity index is 1.43. The average Bonchev–Trinajstić information content (AvgIpc) is 3.70. The van der Waals surface area contributed by atoms with E-state index in [9.17, 15) is 19.7 Å². The molecule has 0 saturated heterocycles. The highest BCUT2D eigenvalue weighted by molar-refractivity contribution is 7.07. The molecule has 4 heterocycles. The van der Waals surface area contributed by atoms with E-state index >= 15 is 0 Å². The Kier molecular flexibility index (Phi) is 7.05. The minimum atomic E-state index is -0.838. The van der Waals surface area contributed by atoms with Crippen molar-refractivity contribution in [1.82, 2.24) is 4.57 Å². The summed E-state index contributed by atoms with van der Waals surface area (Å²) in [5, 5.41) is 11.9. The molecule has 3 aromatic heterocycles. The first kappa shape index (κ1) is 27.6. The summed E-state index contributed by atoms with van der Waals surface area (Å²) in [6.07, 6.45) is 1.58. The van der Waals surface area contributed by atoms with Gasteiger partial charge in [-0.25, -0.2) is 4.99 Å². The minimum absolute atomic E-state index is 0.0596. The second-order valence-corrected chi connectivity index (χ2v) is 11.3. The van der Waals surface area contributed by atoms with Crippen molar-refractivity contribution >= 4 is 52.1 Å². The van der Waals surface area contributed by atoms with Gasteiger partial charge in [0.05, 0.1) is 19.5 Å². The number of hydrogen-bond acceptors (Lipinski definition) is 8. The standard InChI is InChI=1S/C30H19Cl2N3O6S/c1-15-27(16(2)36)28(25-11-10-24(41-25)18-6-8-21(31)22(32)13-18)34-29(37)26(42-30(34)33-15)14-20-7-9-23(40-20)17-4-3-5-19(12-17)35(38)39/h3-14,28H,1-2H3/b26-14+/t28-/m0/s1. The second-order valence-electron chi connectivity index (χ2n) is 9.48. The number of carbonyl (C=O) groups is 1. The number of non-ortho nitro benzene ring substituents is 1. The number of nitro benzene ring substituents is 1. The third-order valence-corrected chi connectivity index (χ3v) is 8.46. The molecule has 12 heteroatoms. The van der Waals surface area contributed by atoms with Gasteiger partial charge in [-0.3, -0.25) is 24.3 Å². The fraction of sp³-hybridized carbons (Fsp3) is 0.100. The summed E-state index contributed by atoms with van der Waals surface area (Å²) in [5.74, 6) is 1.42. The Hall–Kier alpha value is -4.51. The van der Waals surface area contributed by atoms with Gasteiger partial charge < -0.3 is 8.83 Å². The lowest BCUT2D eigenvalue weighted by Gasteiger charge is -2.22. The number of aromatic nitrogens is 1. The number of allylic oxidation sites excluding steroid dienone is 2. The van der Waals surface area contributed by atoms with E-state index < -0.39 is 11.0 Å². The molecule has 9 nitrogen and oxygen atoms in total. The van der Waals surface area contributed by atoms with Crippen LogP contribution in [-0.2, 0) is 4.79 Å². The molecule has 0 unspecified atom stereocenters. The van der Waals surface area contributed by atoms with E-state index in [0.717, 1.165) is 11.3 Å². The number of hydrogen-bond donors (Lipinski definition) is 0. The second kappa shape index (κ2) is 10.7. The number of ketones is 1. The molecule has 2 aromatic carbocycles. The van der Waals surface area contributed by atoms with Gasteiger partial charge in [-0.1, -0.05) is 46.7 Å². The van der Waals surface area contributed by atoms with Crippen LogP contribution in [0.1, 0.15) is 31.4 Å². The number of Topliss-reactive ketones (excluding diaryl/α,β-unsaturated/α-hetero) is 1. The largest absolute Gasteiger partial charge is 0.458 e. The number of nitro groups is 1. The molecule has 0 radical (unpaired) electrons. The Morgan fingerprint density at radius 3 is 2.50 bits per heavy atom. The van der Waals surface area contributed by atoms with Crippen LogP contribution in [0.25, 0.3) is 28.7 Å². The third kappa shape index (κ3) is 4.94. The van der Waals surface area contributed by atoms with Crippen LogP contribution >= 0.6 is 34.5 Å². The average molecular weight is 620 g/mol. The zero-order valence-corrected chi connectivity index (χ0v) is 24.3. The number of furan rings is 2. The third-order valence-electron chi connectivity index (χ3n) is 6.74. The Morgan fingerprint density at radius 1 is 1.02 bits per heavy atom. The van der Waals surface area contributed by atoms with Crippen LogP contribution in [0, 0.1) is 10.1 Å². The lowest BCUT2D eigenvalue weighted by Crippen LogP contribution is -2.39. The normalized spacial score (nSPS) is 15.0. The van der Waals surface area contributed by atoms with E-state index in [-0.39, 0.29) is 17.0 Å². The van der Waals surface area contributed by atoms with Crippen LogP contribution in [0.3, 0.4) is 0 Å². The van der Waals surface area contributed by atoms with Crippen LogP contribution in [0.15, 0.2) is 96.6 Å². The quantitative estimate of drug-likeness (QED) is 0.157. The molecule has 210 valence electrons. The molecule has 6 rings (SSSR count). The first-order chi connectivity index (χ1) is 20.1. The van der Waals surface area contributed by atoms with Crippen LogP contribution in [-0.4, -0.2) is 15.3 Å². The molecule has 1 aliphatic heterocycles. The van der Waals surface area contributed by atoms with Gasteiger partial charge in [0.25, 0.3) is 11.2 Å². The first-order valence-corrected chi connectivity index (χ1v) is 14.1. The van der Waals surface area contributed by atoms with Crippen LogP contribution in [0.4, 0.5) is 5.69 Å². The van der Waals surface area contributed by atoms with Crippen molar-refractivity contribution in [1.29, 1.82) is 0 Å². The molecule has 0 spiro atoms. The highest BCUT2D eigenvalue weighted by Gasteiger charge is 2.33. The number of carbonyl (C=O) groups excluding carboxylic acids is 1. The van der Waals surface area contributed by atoms with E-state index in [0.29, 0.717) is 64.8 Å². The fourth-order valence-electron chi connectivity index (χ4n) is 4.83. The van der Waals surface area contributed by atoms with Crippen molar-refractivity contribution in [3.8, 4) is 22.6 Å². The van der Waals surface area contributed by atoms with Crippen LogP contribution < -0.4 is 14.9 Å². The highest BCUT2D eigenvalue weighted by Crippen LogP contribution is 2.35. The van der Waals surface area contributed by atoms with E-state index in [4.69, 9.17) is 32.0 Å². The Morgan fingerprint density at radius 2 is 1.76 bits per heavy atom. The van der Waals surface area contributed by atoms with Crippen molar-refractivity contribution in [2.45, 2.75) is 19.9 Å². The molecular formula is C30H19Cl2N3O6S. The number of halogens is 2. The van der Waals surface area contributed by atoms with Crippen molar-refractivity contribution in [3.63, 3.8) is 0 Å². The van der Waals surface area contributed by atoms with Crippen molar-refractivity contribution in [3.05, 3.63) is 129 Å². The van der Waals surface area contributed by atoms with Crippen molar-refractivity contribution in [2.75, 3.05) is 0 Å². The van der Waals surface area contributed by atoms with E-state index in [2.05, 4.69) is 4.99 Å². The number of rotatable bonds is 6. The highest BCUT2D eigenvalue weighted by atomic mass is 35.5. The number of benzene rings is 2. The molecule has 1 aliphatic rings. The number of thiazole rings is 1. The molecule has 0 amide bonds. The fourth-order valence-corrected chi connectivity index (χ4v) is 6.16. The van der Waals surface area contributed by atoms with E-state index in [1.165, 1.54) is 23.6 Å². The molecule has 5 aromatic rings. The Bertz CT molecular complexity index is 2140. The molecule has 0 N–H and O–H groups in total. The molecule has 0 saturated carbocycles. The summed E-state index contributed by atoms with van der Waals surface area (Å²) in [7, 11) is 0. The summed E-state index contributed by atoms with van der Waals surface area (Å²) in [6, 6.07) is 17.2. The minimum Gasteiger partial charge on any atom is -0.458 e. The molecule has 0 bridgehead atoms. The maximum absolute atomic E-state index is 13.8. The molecular weight excluding hydrogens is 601 g/mol. The lowest BCUT2D eigenvalue weighted by atomic mass is 9.98. The van der Waals surface area contributed by atoms with Gasteiger partial charge in [-0.05, 0) is 56.3 Å². The monoisotopic (exact) mass is 619 g/mol. The molecule has 42 heavy (non-hydrogen) atoms. The molecule has 0 fully saturated rings. The number of nitrogens with zero attached hydrogens (tertiary/aromatic N) is 3. The number of fused-ring (bicyclic) bond motifs is 1. The van der Waals surface area contributed by atoms with Gasteiger partial charge in [0.15, 0.2) is 10.6 Å². The maximum atomic E-state index is 13.8. The van der Waals surface area contributed by atoms with Crippen LogP contribution in [0.5, 0.6) is 0 Å². The SMILES string of the molecule is CC(=O)C1=C(C)N=c2s/c(=C/c3ccc(-c4cccc([N+](=O)[O-])c4)o3)c(=O)n2[C@H]1c1ccc(-c2ccc(Cl)c(Cl)c2)o1. The van der Waals surface area contributed by atoms with Gasteiger partial charge >= 0.3 is 0 Å². The zero-order valence-electron chi connectivity index (χ0n) is 22.0. The summed E-state index contributed by atoms with van der Waals surface area (Å²) in [5.41, 5.74) is 1.60. The summed E-state index contributed by atoms with van der Waals surface area (Å²) >= 11 is 13.4. The topological polar surface area (TPSA) is 121 Å². The molecule has 0 aliphatic carbocycles. The lowest BCUT2D eigenvalue weighted by molar-refractivity contribution is -0.384. The van der Waals surface area contributed by atoms with Crippen LogP contribution in [0.2, 0.25) is 10.0 Å². The Labute approximate surface area is 251 Å². The van der Waals surface area contributed by atoms with Gasteiger partial charge in [-0.2, -0.15) is 0 Å². The van der Waals surface area contributed by atoms with Crippen molar-refractivity contribution < 1.29 is 18.6 Å². The predicted molar refractivity (Wildman–Crippen MR) is 159 cm³/mol. The van der Waals surface area contributed by atoms with E-state index in [1.807, 2.05) is 0 Å². The van der Waals surface area contributed by atoms with E-state index in [1.54, 1.807) is 67.6 Å². The van der Waals surface area contributed by atoms with Gasteiger partial charge in [0, 0.05) is 40.6 Å². The van der Waals surface area contributed by atoms with Gasteiger partial charge in [0.1, 0.15) is 29.1 Å². The predicted octanol–water partition coefficient (Wildman–Crippen LogP) is 6.56. The summed E-state index contributed by atoms with van der Waals surface area (Å²) in [4.78, 5) is 42.2. The summed E-state index contributed by atoms with van der Waals surface area (Å²) < 4.78 is 13.9. The first-order valence-electron chi connectivity index (χ1n) is 12.5. The maximum Gasteiger partial charge on any atom is 0.271 e. The summed E-state index contributed by atoms with van der Waals surface area (Å²) in [6.45, 7) is 3.15.